The molecule has 0 saturated heterocycles. The van der Waals surface area contributed by atoms with Crippen molar-refractivity contribution in [3.8, 4) is 5.75 Å². The summed E-state index contributed by atoms with van der Waals surface area (Å²) in [7, 11) is 4.00. The molecule has 1 aromatic carbocycles. The number of rotatable bonds is 8. The number of ether oxygens (including phenoxy) is 1. The van der Waals surface area contributed by atoms with E-state index in [0.717, 1.165) is 13.1 Å². The lowest BCUT2D eigenvalue weighted by molar-refractivity contribution is 0.102. The number of nitrogens with one attached hydrogen (secondary N) is 2. The number of carbonyl (C=O) groups excluding carboxylic acids is 1. The number of hydrogen-bond donors (Lipinski definition) is 2. The quantitative estimate of drug-likeness (QED) is 0.767. The van der Waals surface area contributed by atoms with Crippen LogP contribution in [0.3, 0.4) is 0 Å². The zero-order chi connectivity index (χ0) is 18.2. The van der Waals surface area contributed by atoms with Gasteiger partial charge in [-0.05, 0) is 52.2 Å². The van der Waals surface area contributed by atoms with E-state index >= 15 is 0 Å². The number of hydrogen-bond acceptors (Lipinski definition) is 6. The van der Waals surface area contributed by atoms with Gasteiger partial charge >= 0.3 is 0 Å². The summed E-state index contributed by atoms with van der Waals surface area (Å²) >= 11 is 0. The molecule has 2 rings (SSSR count). The first-order chi connectivity index (χ1) is 12.0. The first-order valence-corrected chi connectivity index (χ1v) is 8.25. The standard InChI is InChI=1S/C18H25N5O2/c1-13(2)25-16-8-6-5-7-14(16)20-18(24)15-9-10-17(22-21-15)19-11-12-23(3)4/h5-10,13H,11-12H2,1-4H3,(H,19,22)(H,20,24). The second-order valence-electron chi connectivity index (χ2n) is 6.15. The molecule has 7 heteroatoms. The lowest BCUT2D eigenvalue weighted by atomic mass is 10.2. The molecule has 7 nitrogen and oxygen atoms in total. The van der Waals surface area contributed by atoms with Crippen molar-refractivity contribution in [1.82, 2.24) is 15.1 Å². The van der Waals surface area contributed by atoms with E-state index in [1.807, 2.05) is 46.1 Å². The van der Waals surface area contributed by atoms with Gasteiger partial charge in [-0.15, -0.1) is 10.2 Å². The summed E-state index contributed by atoms with van der Waals surface area (Å²) in [5.41, 5.74) is 0.855. The topological polar surface area (TPSA) is 79.4 Å². The second kappa shape index (κ2) is 8.98. The van der Waals surface area contributed by atoms with Gasteiger partial charge in [-0.25, -0.2) is 0 Å². The first kappa shape index (κ1) is 18.7. The molecule has 0 aliphatic heterocycles. The molecular weight excluding hydrogens is 318 g/mol. The van der Waals surface area contributed by atoms with Gasteiger partial charge in [0, 0.05) is 13.1 Å². The van der Waals surface area contributed by atoms with Crippen molar-refractivity contribution in [2.24, 2.45) is 0 Å². The third-order valence-corrected chi connectivity index (χ3v) is 3.26. The van der Waals surface area contributed by atoms with E-state index in [1.165, 1.54) is 0 Å². The van der Waals surface area contributed by atoms with Crippen LogP contribution in [0.2, 0.25) is 0 Å². The Balaban J connectivity index is 1.99. The summed E-state index contributed by atoms with van der Waals surface area (Å²) in [6.45, 7) is 5.52. The molecular formula is C18H25N5O2. The van der Waals surface area contributed by atoms with Crippen LogP contribution in [0.4, 0.5) is 11.5 Å². The molecule has 0 unspecified atom stereocenters. The van der Waals surface area contributed by atoms with Gasteiger partial charge in [0.2, 0.25) is 0 Å². The minimum Gasteiger partial charge on any atom is -0.489 e. The maximum atomic E-state index is 12.4. The van der Waals surface area contributed by atoms with E-state index in [0.29, 0.717) is 17.3 Å². The average Bonchev–Trinajstić information content (AvgIpc) is 2.56. The van der Waals surface area contributed by atoms with Crippen LogP contribution in [0.1, 0.15) is 24.3 Å². The van der Waals surface area contributed by atoms with E-state index in [2.05, 4.69) is 25.7 Å². The van der Waals surface area contributed by atoms with Crippen molar-refractivity contribution in [3.05, 3.63) is 42.1 Å². The minimum atomic E-state index is -0.327. The van der Waals surface area contributed by atoms with E-state index in [-0.39, 0.29) is 17.7 Å². The minimum absolute atomic E-state index is 0.0189. The second-order valence-corrected chi connectivity index (χ2v) is 6.15. The van der Waals surface area contributed by atoms with Crippen LogP contribution >= 0.6 is 0 Å². The zero-order valence-corrected chi connectivity index (χ0v) is 15.1. The van der Waals surface area contributed by atoms with E-state index in [1.54, 1.807) is 18.2 Å². The highest BCUT2D eigenvalue weighted by Crippen LogP contribution is 2.25. The highest BCUT2D eigenvalue weighted by molar-refractivity contribution is 6.03. The molecule has 1 amide bonds. The molecule has 0 atom stereocenters. The number of amides is 1. The van der Waals surface area contributed by atoms with Gasteiger partial charge in [-0.1, -0.05) is 12.1 Å². The molecule has 2 aromatic rings. The Labute approximate surface area is 148 Å². The molecule has 134 valence electrons. The highest BCUT2D eigenvalue weighted by Gasteiger charge is 2.12. The van der Waals surface area contributed by atoms with Crippen molar-refractivity contribution >= 4 is 17.4 Å². The average molecular weight is 343 g/mol. The third kappa shape index (κ3) is 6.04. The van der Waals surface area contributed by atoms with Crippen LogP contribution in [0.25, 0.3) is 0 Å². The van der Waals surface area contributed by atoms with Crippen LogP contribution in [0, 0.1) is 0 Å². The molecule has 0 fully saturated rings. The Morgan fingerprint density at radius 1 is 1.16 bits per heavy atom. The summed E-state index contributed by atoms with van der Waals surface area (Å²) in [5.74, 6) is 0.940. The van der Waals surface area contributed by atoms with Crippen LogP contribution < -0.4 is 15.4 Å². The number of carbonyl (C=O) groups is 1. The predicted molar refractivity (Wildman–Crippen MR) is 99.2 cm³/mol. The molecule has 0 saturated carbocycles. The van der Waals surface area contributed by atoms with Crippen molar-refractivity contribution in [3.63, 3.8) is 0 Å². The van der Waals surface area contributed by atoms with Gasteiger partial charge in [0.25, 0.3) is 5.91 Å². The molecule has 0 spiro atoms. The highest BCUT2D eigenvalue weighted by atomic mass is 16.5. The van der Waals surface area contributed by atoms with Crippen molar-refractivity contribution in [2.75, 3.05) is 37.8 Å². The maximum absolute atomic E-state index is 12.4. The number of nitrogens with zero attached hydrogens (tertiary/aromatic N) is 3. The van der Waals surface area contributed by atoms with Gasteiger partial charge in [-0.2, -0.15) is 0 Å². The Morgan fingerprint density at radius 2 is 1.92 bits per heavy atom. The Hall–Kier alpha value is -2.67. The van der Waals surface area contributed by atoms with Crippen LogP contribution in [0.5, 0.6) is 5.75 Å². The fourth-order valence-electron chi connectivity index (χ4n) is 2.07. The van der Waals surface area contributed by atoms with Gasteiger partial charge in [0.1, 0.15) is 11.6 Å². The predicted octanol–water partition coefficient (Wildman–Crippen LogP) is 2.49. The summed E-state index contributed by atoms with van der Waals surface area (Å²) < 4.78 is 5.70. The molecule has 2 N–H and O–H groups in total. The van der Waals surface area contributed by atoms with E-state index in [9.17, 15) is 4.79 Å². The normalized spacial score (nSPS) is 10.8. The molecule has 1 aromatic heterocycles. The molecule has 0 aliphatic carbocycles. The summed E-state index contributed by atoms with van der Waals surface area (Å²) in [6, 6.07) is 10.7. The molecule has 1 heterocycles. The number of likely N-dealkylation sites (N-methyl/N-ethyl adjacent to an activating group) is 1. The lowest BCUT2D eigenvalue weighted by Gasteiger charge is -2.14. The van der Waals surface area contributed by atoms with Crippen molar-refractivity contribution in [1.29, 1.82) is 0 Å². The van der Waals surface area contributed by atoms with Crippen LogP contribution in [0.15, 0.2) is 36.4 Å². The SMILES string of the molecule is CC(C)Oc1ccccc1NC(=O)c1ccc(NCCN(C)C)nn1. The monoisotopic (exact) mass is 343 g/mol. The van der Waals surface area contributed by atoms with Gasteiger partial charge in [-0.3, -0.25) is 4.79 Å². The Bertz CT molecular complexity index is 686. The molecule has 0 bridgehead atoms. The van der Waals surface area contributed by atoms with Crippen molar-refractivity contribution < 1.29 is 9.53 Å². The fraction of sp³-hybridized carbons (Fsp3) is 0.389. The molecule has 25 heavy (non-hydrogen) atoms. The molecule has 0 radical (unpaired) electrons. The summed E-state index contributed by atoms with van der Waals surface area (Å²) in [5, 5.41) is 14.0. The molecule has 0 aliphatic rings. The maximum Gasteiger partial charge on any atom is 0.276 e. The fourth-order valence-corrected chi connectivity index (χ4v) is 2.07. The van der Waals surface area contributed by atoms with Crippen LogP contribution in [-0.4, -0.2) is 54.3 Å². The number of aromatic nitrogens is 2. The third-order valence-electron chi connectivity index (χ3n) is 3.26. The van der Waals surface area contributed by atoms with Gasteiger partial charge < -0.3 is 20.3 Å². The number of anilines is 2. The first-order valence-electron chi connectivity index (χ1n) is 8.25. The smallest absolute Gasteiger partial charge is 0.276 e. The number of para-hydroxylation sites is 2. The largest absolute Gasteiger partial charge is 0.489 e. The number of benzene rings is 1. The van der Waals surface area contributed by atoms with Gasteiger partial charge in [0.15, 0.2) is 5.69 Å². The van der Waals surface area contributed by atoms with Crippen molar-refractivity contribution in [2.45, 2.75) is 20.0 Å². The Morgan fingerprint density at radius 3 is 2.56 bits per heavy atom. The Kier molecular flexibility index (Phi) is 6.71. The van der Waals surface area contributed by atoms with E-state index in [4.69, 9.17) is 4.74 Å². The summed E-state index contributed by atoms with van der Waals surface area (Å²) in [6.07, 6.45) is 0.0189. The summed E-state index contributed by atoms with van der Waals surface area (Å²) in [4.78, 5) is 14.4. The lowest BCUT2D eigenvalue weighted by Crippen LogP contribution is -2.21. The zero-order valence-electron chi connectivity index (χ0n) is 15.1. The van der Waals surface area contributed by atoms with Gasteiger partial charge in [0.05, 0.1) is 11.8 Å². The van der Waals surface area contributed by atoms with E-state index < -0.39 is 0 Å². The van der Waals surface area contributed by atoms with Crippen LogP contribution in [-0.2, 0) is 0 Å².